The Bertz CT molecular complexity index is 1830. The van der Waals surface area contributed by atoms with Gasteiger partial charge in [0.1, 0.15) is 0 Å². The summed E-state index contributed by atoms with van der Waals surface area (Å²) in [6.45, 7) is 9.00. The van der Waals surface area contributed by atoms with Crippen LogP contribution in [0.25, 0.3) is 22.0 Å². The molecular weight excluding hydrogens is 668 g/mol. The Balaban J connectivity index is 1.18. The van der Waals surface area contributed by atoms with Gasteiger partial charge in [0.05, 0.1) is 17.2 Å². The number of fused-ring (bicyclic) bond motifs is 1. The molecule has 0 aliphatic carbocycles. The van der Waals surface area contributed by atoms with Crippen molar-refractivity contribution >= 4 is 16.8 Å². The number of nitrogens with zero attached hydrogens (tertiary/aromatic N) is 3. The third-order valence-electron chi connectivity index (χ3n) is 10.0. The maximum Gasteiger partial charge on any atom is 0.417 e. The van der Waals surface area contributed by atoms with E-state index in [1.807, 2.05) is 29.0 Å². The Hall–Kier alpha value is -3.87. The highest BCUT2D eigenvalue weighted by atomic mass is 19.4. The van der Waals surface area contributed by atoms with E-state index in [-0.39, 0.29) is 17.5 Å². The van der Waals surface area contributed by atoms with Crippen molar-refractivity contribution in [1.82, 2.24) is 25.0 Å². The lowest BCUT2D eigenvalue weighted by Crippen LogP contribution is -2.46. The standard InChI is InChI=1S/C39H45F6N5O/c1-26-19-29(21-30(20-26)38(40,41)42)24-49-17-15-48(16-18-49)23-28-10-11-35-31(22-28)32(36-27(2)7-5-8-33(36)39(43,44)45)25-50(35)14-6-13-47-37(51)34-9-3-4-12-46-34/h5,7-8,10-11,19-22,25,34,46H,3-4,6,9,12-18,23-24H2,1-2H3,(H,47,51). The second kappa shape index (κ2) is 15.4. The molecular formula is C39H45F6N5O. The summed E-state index contributed by atoms with van der Waals surface area (Å²) < 4.78 is 85.1. The summed E-state index contributed by atoms with van der Waals surface area (Å²) in [4.78, 5) is 17.0. The minimum atomic E-state index is -4.53. The fourth-order valence-corrected chi connectivity index (χ4v) is 7.49. The van der Waals surface area contributed by atoms with Crippen molar-refractivity contribution in [2.75, 3.05) is 39.3 Å². The highest BCUT2D eigenvalue weighted by molar-refractivity contribution is 5.98. The van der Waals surface area contributed by atoms with Crippen molar-refractivity contribution in [1.29, 1.82) is 0 Å². The Kier molecular flexibility index (Phi) is 11.1. The summed E-state index contributed by atoms with van der Waals surface area (Å²) >= 11 is 0. The van der Waals surface area contributed by atoms with Crippen molar-refractivity contribution < 1.29 is 31.1 Å². The number of hydrogen-bond acceptors (Lipinski definition) is 4. The van der Waals surface area contributed by atoms with Gasteiger partial charge in [-0.15, -0.1) is 0 Å². The molecule has 1 unspecified atom stereocenters. The summed E-state index contributed by atoms with van der Waals surface area (Å²) in [5, 5.41) is 7.00. The summed E-state index contributed by atoms with van der Waals surface area (Å²) in [5.41, 5.74) is 2.93. The zero-order valence-electron chi connectivity index (χ0n) is 29.1. The van der Waals surface area contributed by atoms with Gasteiger partial charge < -0.3 is 15.2 Å². The van der Waals surface area contributed by atoms with Gasteiger partial charge in [0.25, 0.3) is 0 Å². The smallest absolute Gasteiger partial charge is 0.355 e. The molecule has 1 aromatic heterocycles. The van der Waals surface area contributed by atoms with Crippen LogP contribution in [-0.2, 0) is 36.8 Å². The first-order chi connectivity index (χ1) is 24.3. The number of halogens is 6. The molecule has 1 atom stereocenters. The summed E-state index contributed by atoms with van der Waals surface area (Å²) in [7, 11) is 0. The van der Waals surface area contributed by atoms with Crippen LogP contribution in [0.15, 0.2) is 60.8 Å². The van der Waals surface area contributed by atoms with E-state index < -0.39 is 23.5 Å². The molecule has 6 nitrogen and oxygen atoms in total. The summed E-state index contributed by atoms with van der Waals surface area (Å²) in [6.07, 6.45) is -3.60. The fraction of sp³-hybridized carbons (Fsp3) is 0.462. The van der Waals surface area contributed by atoms with Crippen LogP contribution in [0.2, 0.25) is 0 Å². The molecule has 2 aliphatic heterocycles. The van der Waals surface area contributed by atoms with Crippen LogP contribution >= 0.6 is 0 Å². The van der Waals surface area contributed by atoms with Crippen LogP contribution in [-0.4, -0.2) is 65.6 Å². The second-order valence-electron chi connectivity index (χ2n) is 14.0. The number of nitrogens with one attached hydrogen (secondary N) is 2. The number of benzene rings is 3. The number of aryl methyl sites for hydroxylation is 3. The molecule has 0 saturated carbocycles. The zero-order chi connectivity index (χ0) is 36.3. The van der Waals surface area contributed by atoms with Gasteiger partial charge in [-0.25, -0.2) is 0 Å². The normalized spacial score (nSPS) is 18.0. The summed E-state index contributed by atoms with van der Waals surface area (Å²) in [5.74, 6) is -0.0151. The predicted molar refractivity (Wildman–Crippen MR) is 187 cm³/mol. The molecule has 3 heterocycles. The number of carbonyl (C=O) groups excluding carboxylic acids is 1. The molecule has 2 aliphatic rings. The molecule has 274 valence electrons. The van der Waals surface area contributed by atoms with E-state index in [9.17, 15) is 31.1 Å². The highest BCUT2D eigenvalue weighted by Crippen LogP contribution is 2.42. The van der Waals surface area contributed by atoms with Crippen molar-refractivity contribution in [2.24, 2.45) is 0 Å². The van der Waals surface area contributed by atoms with Crippen LogP contribution in [0.1, 0.15) is 59.1 Å². The van der Waals surface area contributed by atoms with Crippen molar-refractivity contribution in [3.63, 3.8) is 0 Å². The van der Waals surface area contributed by atoms with Crippen LogP contribution in [0.3, 0.4) is 0 Å². The fourth-order valence-electron chi connectivity index (χ4n) is 7.49. The van der Waals surface area contributed by atoms with Crippen molar-refractivity contribution in [3.8, 4) is 11.1 Å². The minimum absolute atomic E-state index is 0.0151. The zero-order valence-corrected chi connectivity index (χ0v) is 29.1. The topological polar surface area (TPSA) is 52.5 Å². The molecule has 3 aromatic carbocycles. The predicted octanol–water partition coefficient (Wildman–Crippen LogP) is 7.93. The minimum Gasteiger partial charge on any atom is -0.355 e. The summed E-state index contributed by atoms with van der Waals surface area (Å²) in [6, 6.07) is 14.2. The van der Waals surface area contributed by atoms with Gasteiger partial charge in [0, 0.05) is 75.0 Å². The van der Waals surface area contributed by atoms with Crippen molar-refractivity contribution in [2.45, 2.75) is 77.6 Å². The monoisotopic (exact) mass is 713 g/mol. The molecule has 2 fully saturated rings. The maximum atomic E-state index is 14.3. The van der Waals surface area contributed by atoms with Gasteiger partial charge in [-0.1, -0.05) is 36.2 Å². The van der Waals surface area contributed by atoms with Gasteiger partial charge in [0.15, 0.2) is 0 Å². The first kappa shape index (κ1) is 36.9. The van der Waals surface area contributed by atoms with Crippen LogP contribution in [0.5, 0.6) is 0 Å². The van der Waals surface area contributed by atoms with Crippen LogP contribution in [0.4, 0.5) is 26.3 Å². The lowest BCUT2D eigenvalue weighted by atomic mass is 9.94. The SMILES string of the molecule is Cc1cc(CN2CCN(Cc3ccc4c(c3)c(-c3c(C)cccc3C(F)(F)F)cn4CCCNC(=O)C3CCCCN3)CC2)cc(C(F)(F)F)c1. The molecule has 0 radical (unpaired) electrons. The van der Waals surface area contributed by atoms with Crippen molar-refractivity contribution in [3.05, 3.63) is 94.2 Å². The lowest BCUT2D eigenvalue weighted by Gasteiger charge is -2.35. The van der Waals surface area contributed by atoms with Gasteiger partial charge in [-0.2, -0.15) is 26.3 Å². The molecule has 12 heteroatoms. The Labute approximate surface area is 294 Å². The number of aromatic nitrogens is 1. The number of piperazine rings is 1. The first-order valence-corrected chi connectivity index (χ1v) is 17.7. The lowest BCUT2D eigenvalue weighted by molar-refractivity contribution is -0.138. The largest absolute Gasteiger partial charge is 0.417 e. The van der Waals surface area contributed by atoms with Gasteiger partial charge in [-0.3, -0.25) is 14.6 Å². The number of amides is 1. The average molecular weight is 714 g/mol. The third-order valence-corrected chi connectivity index (χ3v) is 10.0. The van der Waals surface area contributed by atoms with Gasteiger partial charge in [-0.05, 0) is 92.2 Å². The average Bonchev–Trinajstić information content (AvgIpc) is 3.44. The quantitative estimate of drug-likeness (QED) is 0.130. The number of piperidine rings is 1. The van der Waals surface area contributed by atoms with Crippen LogP contribution < -0.4 is 10.6 Å². The number of rotatable bonds is 10. The molecule has 6 rings (SSSR count). The van der Waals surface area contributed by atoms with Gasteiger partial charge >= 0.3 is 12.4 Å². The van der Waals surface area contributed by atoms with E-state index in [2.05, 4.69) is 20.4 Å². The van der Waals surface area contributed by atoms with E-state index in [1.165, 1.54) is 12.1 Å². The molecule has 0 bridgehead atoms. The Morgan fingerprint density at radius 3 is 2.25 bits per heavy atom. The number of carbonyl (C=O) groups is 1. The van der Waals surface area contributed by atoms with Crippen LogP contribution in [0, 0.1) is 13.8 Å². The molecule has 2 saturated heterocycles. The first-order valence-electron chi connectivity index (χ1n) is 17.7. The van der Waals surface area contributed by atoms with E-state index in [0.717, 1.165) is 54.4 Å². The Morgan fingerprint density at radius 2 is 1.59 bits per heavy atom. The third kappa shape index (κ3) is 8.96. The molecule has 1 amide bonds. The molecule has 51 heavy (non-hydrogen) atoms. The maximum absolute atomic E-state index is 14.3. The number of alkyl halides is 6. The van der Waals surface area contributed by atoms with Gasteiger partial charge in [0.2, 0.25) is 5.91 Å². The number of hydrogen-bond donors (Lipinski definition) is 2. The highest BCUT2D eigenvalue weighted by Gasteiger charge is 2.35. The molecule has 4 aromatic rings. The molecule has 2 N–H and O–H groups in total. The Morgan fingerprint density at radius 1 is 0.863 bits per heavy atom. The van der Waals surface area contributed by atoms with E-state index in [0.29, 0.717) is 81.0 Å². The van der Waals surface area contributed by atoms with E-state index >= 15 is 0 Å². The second-order valence-corrected chi connectivity index (χ2v) is 14.0. The van der Waals surface area contributed by atoms with E-state index in [1.54, 1.807) is 26.0 Å². The molecule has 0 spiro atoms. The van der Waals surface area contributed by atoms with E-state index in [4.69, 9.17) is 0 Å².